The molecule has 1 N–H and O–H groups in total. The van der Waals surface area contributed by atoms with Crippen molar-refractivity contribution in [2.75, 3.05) is 17.3 Å². The van der Waals surface area contributed by atoms with Gasteiger partial charge in [0.2, 0.25) is 11.8 Å². The SMILES string of the molecule is CN1C(=O)CCc2ccc(NC(=O)/C=C/c3cc4cc(F)ccc4n3-c3ccc(C(F)(F)F)cc3)cc21. The van der Waals surface area contributed by atoms with Crippen LogP contribution in [0.3, 0.4) is 0 Å². The maximum Gasteiger partial charge on any atom is 0.416 e. The number of fused-ring (bicyclic) bond motifs is 2. The number of hydrogen-bond donors (Lipinski definition) is 1. The quantitative estimate of drug-likeness (QED) is 0.259. The number of anilines is 2. The van der Waals surface area contributed by atoms with Gasteiger partial charge in [-0.25, -0.2) is 4.39 Å². The van der Waals surface area contributed by atoms with Crippen molar-refractivity contribution >= 4 is 40.2 Å². The predicted octanol–water partition coefficient (Wildman–Crippen LogP) is 6.35. The molecule has 1 aliphatic rings. The number of rotatable bonds is 4. The second-order valence-electron chi connectivity index (χ2n) is 8.77. The molecule has 0 radical (unpaired) electrons. The number of benzene rings is 3. The van der Waals surface area contributed by atoms with Gasteiger partial charge in [-0.15, -0.1) is 0 Å². The van der Waals surface area contributed by atoms with Gasteiger partial charge in [0.25, 0.3) is 0 Å². The Morgan fingerprint density at radius 3 is 2.46 bits per heavy atom. The number of halogens is 4. The van der Waals surface area contributed by atoms with Crippen LogP contribution in [0.2, 0.25) is 0 Å². The fourth-order valence-corrected chi connectivity index (χ4v) is 4.47. The molecule has 2 amide bonds. The number of hydrogen-bond acceptors (Lipinski definition) is 2. The zero-order valence-corrected chi connectivity index (χ0v) is 19.6. The molecule has 1 aliphatic heterocycles. The number of amides is 2. The Morgan fingerprint density at radius 1 is 0.973 bits per heavy atom. The lowest BCUT2D eigenvalue weighted by Crippen LogP contribution is -2.31. The summed E-state index contributed by atoms with van der Waals surface area (Å²) in [6, 6.07) is 15.7. The molecule has 5 nitrogen and oxygen atoms in total. The summed E-state index contributed by atoms with van der Waals surface area (Å²) in [7, 11) is 1.69. The molecular weight excluding hydrogens is 486 g/mol. The van der Waals surface area contributed by atoms with Gasteiger partial charge in [0.15, 0.2) is 0 Å². The molecule has 0 bridgehead atoms. The van der Waals surface area contributed by atoms with Crippen LogP contribution in [-0.4, -0.2) is 23.4 Å². The van der Waals surface area contributed by atoms with E-state index in [4.69, 9.17) is 0 Å². The third-order valence-corrected chi connectivity index (χ3v) is 6.35. The minimum atomic E-state index is -4.47. The molecule has 0 spiro atoms. The molecule has 2 heterocycles. The first-order valence-electron chi connectivity index (χ1n) is 11.5. The van der Waals surface area contributed by atoms with Gasteiger partial charge in [-0.3, -0.25) is 9.59 Å². The van der Waals surface area contributed by atoms with Crippen LogP contribution in [-0.2, 0) is 22.2 Å². The Balaban J connectivity index is 1.45. The second-order valence-corrected chi connectivity index (χ2v) is 8.77. The molecule has 0 saturated heterocycles. The van der Waals surface area contributed by atoms with Gasteiger partial charge in [0.1, 0.15) is 5.82 Å². The summed E-state index contributed by atoms with van der Waals surface area (Å²) in [5.74, 6) is -0.898. The summed E-state index contributed by atoms with van der Waals surface area (Å²) in [4.78, 5) is 26.3. The van der Waals surface area contributed by atoms with E-state index in [1.807, 2.05) is 6.07 Å². The van der Waals surface area contributed by atoms with Gasteiger partial charge in [-0.2, -0.15) is 13.2 Å². The number of carbonyl (C=O) groups is 2. The van der Waals surface area contributed by atoms with Gasteiger partial charge in [-0.1, -0.05) is 6.07 Å². The van der Waals surface area contributed by atoms with E-state index in [0.29, 0.717) is 40.8 Å². The Morgan fingerprint density at radius 2 is 1.73 bits per heavy atom. The van der Waals surface area contributed by atoms with Crippen molar-refractivity contribution in [2.45, 2.75) is 19.0 Å². The van der Waals surface area contributed by atoms with Crippen molar-refractivity contribution in [3.8, 4) is 5.69 Å². The van der Waals surface area contributed by atoms with E-state index in [9.17, 15) is 27.2 Å². The molecule has 3 aromatic carbocycles. The molecule has 5 rings (SSSR count). The number of carbonyl (C=O) groups excluding carboxylic acids is 2. The van der Waals surface area contributed by atoms with Crippen LogP contribution in [0.15, 0.2) is 72.8 Å². The third-order valence-electron chi connectivity index (χ3n) is 6.35. The van der Waals surface area contributed by atoms with Crippen LogP contribution in [0.25, 0.3) is 22.7 Å². The molecular formula is C28H21F4N3O2. The number of alkyl halides is 3. The zero-order chi connectivity index (χ0) is 26.3. The number of aromatic nitrogens is 1. The Bertz CT molecular complexity index is 1550. The monoisotopic (exact) mass is 507 g/mol. The molecule has 188 valence electrons. The topological polar surface area (TPSA) is 54.3 Å². The van der Waals surface area contributed by atoms with E-state index in [0.717, 1.165) is 23.4 Å². The van der Waals surface area contributed by atoms with E-state index < -0.39 is 23.5 Å². The summed E-state index contributed by atoms with van der Waals surface area (Å²) in [5.41, 5.74) is 2.96. The lowest BCUT2D eigenvalue weighted by molar-refractivity contribution is -0.137. The van der Waals surface area contributed by atoms with E-state index in [-0.39, 0.29) is 5.91 Å². The average molecular weight is 507 g/mol. The molecule has 1 aromatic heterocycles. The Kier molecular flexibility index (Phi) is 6.07. The van der Waals surface area contributed by atoms with Crippen molar-refractivity contribution in [1.82, 2.24) is 4.57 Å². The first-order valence-corrected chi connectivity index (χ1v) is 11.5. The summed E-state index contributed by atoms with van der Waals surface area (Å²) < 4.78 is 54.6. The van der Waals surface area contributed by atoms with Gasteiger partial charge in [0.05, 0.1) is 11.1 Å². The Hall–Kier alpha value is -4.40. The van der Waals surface area contributed by atoms with Crippen molar-refractivity contribution in [2.24, 2.45) is 0 Å². The fourth-order valence-electron chi connectivity index (χ4n) is 4.47. The highest BCUT2D eigenvalue weighted by molar-refractivity contribution is 6.03. The van der Waals surface area contributed by atoms with Crippen LogP contribution in [0, 0.1) is 5.82 Å². The molecule has 0 fully saturated rings. The number of nitrogens with zero attached hydrogens (tertiary/aromatic N) is 2. The maximum atomic E-state index is 13.9. The first kappa shape index (κ1) is 24.3. The van der Waals surface area contributed by atoms with Crippen molar-refractivity contribution in [1.29, 1.82) is 0 Å². The second kappa shape index (κ2) is 9.24. The van der Waals surface area contributed by atoms with Crippen LogP contribution in [0.1, 0.15) is 23.2 Å². The van der Waals surface area contributed by atoms with Gasteiger partial charge in [0, 0.05) is 47.7 Å². The average Bonchev–Trinajstić information content (AvgIpc) is 3.22. The van der Waals surface area contributed by atoms with Crippen molar-refractivity contribution < 1.29 is 27.2 Å². The lowest BCUT2D eigenvalue weighted by atomic mass is 10.0. The molecule has 0 atom stereocenters. The smallest absolute Gasteiger partial charge is 0.322 e. The maximum absolute atomic E-state index is 13.9. The normalized spacial score (nSPS) is 13.9. The van der Waals surface area contributed by atoms with E-state index in [1.165, 1.54) is 42.5 Å². The molecule has 0 aliphatic carbocycles. The van der Waals surface area contributed by atoms with Crippen molar-refractivity contribution in [3.63, 3.8) is 0 Å². The lowest BCUT2D eigenvalue weighted by Gasteiger charge is -2.26. The first-order chi connectivity index (χ1) is 17.6. The summed E-state index contributed by atoms with van der Waals surface area (Å²) in [6.07, 6.45) is -0.588. The van der Waals surface area contributed by atoms with Crippen LogP contribution < -0.4 is 10.2 Å². The van der Waals surface area contributed by atoms with Gasteiger partial charge >= 0.3 is 6.18 Å². The van der Waals surface area contributed by atoms with Crippen LogP contribution in [0.4, 0.5) is 28.9 Å². The summed E-state index contributed by atoms with van der Waals surface area (Å²) in [6.45, 7) is 0. The van der Waals surface area contributed by atoms with Gasteiger partial charge in [-0.05, 0) is 78.7 Å². The number of aryl methyl sites for hydroxylation is 1. The minimum Gasteiger partial charge on any atom is -0.322 e. The predicted molar refractivity (Wildman–Crippen MR) is 134 cm³/mol. The third kappa shape index (κ3) is 4.84. The largest absolute Gasteiger partial charge is 0.416 e. The van der Waals surface area contributed by atoms with E-state index >= 15 is 0 Å². The Labute approximate surface area is 209 Å². The minimum absolute atomic E-state index is 0.00315. The van der Waals surface area contributed by atoms with E-state index in [1.54, 1.807) is 34.7 Å². The van der Waals surface area contributed by atoms with Crippen LogP contribution >= 0.6 is 0 Å². The standard InChI is InChI=1S/C28H21F4N3O2/c1-34-25-16-21(7-2-17(25)3-13-27(34)37)33-26(36)12-10-23-15-18-14-20(29)6-11-24(18)35(23)22-8-4-19(5-9-22)28(30,31)32/h2,4-12,14-16H,3,13H2,1H3,(H,33,36)/b12-10+. The zero-order valence-electron chi connectivity index (χ0n) is 19.6. The number of nitrogens with one attached hydrogen (secondary N) is 1. The molecule has 0 unspecified atom stereocenters. The van der Waals surface area contributed by atoms with Gasteiger partial charge < -0.3 is 14.8 Å². The fraction of sp³-hybridized carbons (Fsp3) is 0.143. The summed E-state index contributed by atoms with van der Waals surface area (Å²) in [5, 5.41) is 3.30. The van der Waals surface area contributed by atoms with E-state index in [2.05, 4.69) is 5.32 Å². The molecule has 4 aromatic rings. The summed E-state index contributed by atoms with van der Waals surface area (Å²) >= 11 is 0. The molecule has 9 heteroatoms. The highest BCUT2D eigenvalue weighted by Gasteiger charge is 2.30. The molecule has 37 heavy (non-hydrogen) atoms. The van der Waals surface area contributed by atoms with Crippen molar-refractivity contribution in [3.05, 3.63) is 95.4 Å². The highest BCUT2D eigenvalue weighted by atomic mass is 19.4. The van der Waals surface area contributed by atoms with Crippen LogP contribution in [0.5, 0.6) is 0 Å². The molecule has 0 saturated carbocycles. The highest BCUT2D eigenvalue weighted by Crippen LogP contribution is 2.32.